The molecule has 3 aromatic rings. The highest BCUT2D eigenvalue weighted by molar-refractivity contribution is 7.99. The topological polar surface area (TPSA) is 65.5 Å². The molecule has 1 aliphatic heterocycles. The molecule has 2 amide bonds. The Morgan fingerprint density at radius 1 is 0.969 bits per heavy atom. The molecule has 1 N–H and O–H groups in total. The molecular weight excluding hydrogens is 420 g/mol. The number of nitrogens with one attached hydrogen (secondary N) is 1. The van der Waals surface area contributed by atoms with Gasteiger partial charge in [-0.1, -0.05) is 61.2 Å². The van der Waals surface area contributed by atoms with Gasteiger partial charge in [0.15, 0.2) is 0 Å². The van der Waals surface area contributed by atoms with E-state index < -0.39 is 0 Å². The first-order valence-electron chi connectivity index (χ1n) is 11.0. The second-order valence-corrected chi connectivity index (χ2v) is 8.84. The largest absolute Gasteiger partial charge is 0.339 e. The number of thioether (sulfide) groups is 1. The maximum absolute atomic E-state index is 12.7. The van der Waals surface area contributed by atoms with Crippen molar-refractivity contribution in [2.45, 2.75) is 18.4 Å². The molecule has 4 rings (SSSR count). The number of pyridine rings is 1. The molecule has 6 nitrogen and oxygen atoms in total. The van der Waals surface area contributed by atoms with Gasteiger partial charge in [-0.15, -0.1) is 0 Å². The van der Waals surface area contributed by atoms with Gasteiger partial charge in [0, 0.05) is 37.3 Å². The molecule has 7 heteroatoms. The van der Waals surface area contributed by atoms with E-state index in [2.05, 4.69) is 22.1 Å². The molecule has 1 aliphatic rings. The van der Waals surface area contributed by atoms with E-state index in [0.29, 0.717) is 38.5 Å². The summed E-state index contributed by atoms with van der Waals surface area (Å²) in [7, 11) is 0. The lowest BCUT2D eigenvalue weighted by Crippen LogP contribution is -2.50. The van der Waals surface area contributed by atoms with Crippen molar-refractivity contribution in [2.75, 3.05) is 43.8 Å². The van der Waals surface area contributed by atoms with Crippen LogP contribution < -0.4 is 5.32 Å². The SMILES string of the molecule is CCc1ccccc1NC(=O)CN1CCN(C(=O)CSc2ccc3ccccc3n2)CC1. The molecule has 1 aromatic heterocycles. The number of amides is 2. The van der Waals surface area contributed by atoms with Crippen LogP contribution in [0.15, 0.2) is 65.7 Å². The number of carbonyl (C=O) groups is 2. The highest BCUT2D eigenvalue weighted by Gasteiger charge is 2.22. The Morgan fingerprint density at radius 2 is 1.72 bits per heavy atom. The summed E-state index contributed by atoms with van der Waals surface area (Å²) in [5.74, 6) is 0.481. The number of carbonyl (C=O) groups excluding carboxylic acids is 2. The number of rotatable bonds is 7. The van der Waals surface area contributed by atoms with Crippen molar-refractivity contribution in [3.63, 3.8) is 0 Å². The fourth-order valence-electron chi connectivity index (χ4n) is 3.85. The molecule has 0 atom stereocenters. The smallest absolute Gasteiger partial charge is 0.238 e. The maximum atomic E-state index is 12.7. The molecule has 0 spiro atoms. The van der Waals surface area contributed by atoms with Crippen molar-refractivity contribution in [3.05, 3.63) is 66.2 Å². The Balaban J connectivity index is 1.22. The molecule has 0 unspecified atom stereocenters. The van der Waals surface area contributed by atoms with Crippen molar-refractivity contribution in [1.82, 2.24) is 14.8 Å². The van der Waals surface area contributed by atoms with Crippen molar-refractivity contribution in [2.24, 2.45) is 0 Å². The third-order valence-corrected chi connectivity index (χ3v) is 6.60. The standard InChI is InChI=1S/C25H28N4O2S/c1-2-19-7-3-5-9-21(19)26-23(30)17-28-13-15-29(16-14-28)25(31)18-32-24-12-11-20-8-4-6-10-22(20)27-24/h3-12H,2,13-18H2,1H3,(H,26,30). The number of aromatic nitrogens is 1. The van der Waals surface area contributed by atoms with E-state index in [0.717, 1.165) is 33.6 Å². The van der Waals surface area contributed by atoms with Gasteiger partial charge in [0.2, 0.25) is 11.8 Å². The zero-order valence-corrected chi connectivity index (χ0v) is 19.1. The van der Waals surface area contributed by atoms with Gasteiger partial charge in [0.1, 0.15) is 0 Å². The normalized spacial score (nSPS) is 14.5. The third-order valence-electron chi connectivity index (χ3n) is 5.68. The molecule has 2 heterocycles. The number of para-hydroxylation sites is 2. The Bertz CT molecular complexity index is 1100. The first kappa shape index (κ1) is 22.3. The predicted octanol–water partition coefficient (Wildman–Crippen LogP) is 3.67. The van der Waals surface area contributed by atoms with E-state index in [1.54, 1.807) is 0 Å². The summed E-state index contributed by atoms with van der Waals surface area (Å²) < 4.78 is 0. The highest BCUT2D eigenvalue weighted by Crippen LogP contribution is 2.20. The molecule has 1 saturated heterocycles. The van der Waals surface area contributed by atoms with Crippen LogP contribution in [0, 0.1) is 0 Å². The molecule has 32 heavy (non-hydrogen) atoms. The van der Waals surface area contributed by atoms with Crippen molar-refractivity contribution >= 4 is 40.2 Å². The maximum Gasteiger partial charge on any atom is 0.238 e. The van der Waals surface area contributed by atoms with Gasteiger partial charge in [0.05, 0.1) is 22.8 Å². The number of benzene rings is 2. The zero-order valence-electron chi connectivity index (χ0n) is 18.3. The van der Waals surface area contributed by atoms with Crippen LogP contribution in [0.2, 0.25) is 0 Å². The number of fused-ring (bicyclic) bond motifs is 1. The van der Waals surface area contributed by atoms with Gasteiger partial charge in [-0.2, -0.15) is 0 Å². The number of nitrogens with zero attached hydrogens (tertiary/aromatic N) is 3. The summed E-state index contributed by atoms with van der Waals surface area (Å²) >= 11 is 1.47. The first-order valence-corrected chi connectivity index (χ1v) is 12.0. The van der Waals surface area contributed by atoms with Gasteiger partial charge in [-0.25, -0.2) is 4.98 Å². The molecule has 166 valence electrons. The van der Waals surface area contributed by atoms with Crippen LogP contribution in [0.4, 0.5) is 5.69 Å². The number of aryl methyl sites for hydroxylation is 1. The third kappa shape index (κ3) is 5.66. The van der Waals surface area contributed by atoms with Crippen molar-refractivity contribution in [1.29, 1.82) is 0 Å². The molecule has 0 bridgehead atoms. The highest BCUT2D eigenvalue weighted by atomic mass is 32.2. The first-order chi connectivity index (χ1) is 15.6. The lowest BCUT2D eigenvalue weighted by atomic mass is 10.1. The predicted molar refractivity (Wildman–Crippen MR) is 130 cm³/mol. The van der Waals surface area contributed by atoms with Gasteiger partial charge >= 0.3 is 0 Å². The number of piperazine rings is 1. The van der Waals surface area contributed by atoms with E-state index >= 15 is 0 Å². The average Bonchev–Trinajstić information content (AvgIpc) is 2.83. The summed E-state index contributed by atoms with van der Waals surface area (Å²) in [6.07, 6.45) is 0.879. The molecule has 2 aromatic carbocycles. The molecule has 1 fully saturated rings. The van der Waals surface area contributed by atoms with Gasteiger partial charge in [-0.3, -0.25) is 14.5 Å². The van der Waals surface area contributed by atoms with Crippen LogP contribution in [0.3, 0.4) is 0 Å². The Labute approximate surface area is 193 Å². The summed E-state index contributed by atoms with van der Waals surface area (Å²) in [5.41, 5.74) is 2.96. The van der Waals surface area contributed by atoms with Crippen LogP contribution in [0.25, 0.3) is 10.9 Å². The zero-order chi connectivity index (χ0) is 22.3. The molecule has 0 saturated carbocycles. The monoisotopic (exact) mass is 448 g/mol. The lowest BCUT2D eigenvalue weighted by molar-refractivity contribution is -0.130. The quantitative estimate of drug-likeness (QED) is 0.559. The van der Waals surface area contributed by atoms with Crippen LogP contribution in [0.1, 0.15) is 12.5 Å². The minimum absolute atomic E-state index is 0.0105. The van der Waals surface area contributed by atoms with E-state index in [9.17, 15) is 9.59 Å². The Morgan fingerprint density at radius 3 is 2.53 bits per heavy atom. The molecule has 0 radical (unpaired) electrons. The molecule has 0 aliphatic carbocycles. The fourth-order valence-corrected chi connectivity index (χ4v) is 4.63. The fraction of sp³-hybridized carbons (Fsp3) is 0.320. The van der Waals surface area contributed by atoms with Crippen LogP contribution in [-0.4, -0.2) is 65.1 Å². The second-order valence-electron chi connectivity index (χ2n) is 7.85. The second kappa shape index (κ2) is 10.6. The Hall–Kier alpha value is -2.90. The van der Waals surface area contributed by atoms with E-state index in [1.165, 1.54) is 11.8 Å². The summed E-state index contributed by atoms with van der Waals surface area (Å²) in [4.78, 5) is 33.7. The summed E-state index contributed by atoms with van der Waals surface area (Å²) in [5, 5.41) is 4.98. The molecular formula is C25H28N4O2S. The van der Waals surface area contributed by atoms with E-state index in [4.69, 9.17) is 0 Å². The van der Waals surface area contributed by atoms with Gasteiger partial charge < -0.3 is 10.2 Å². The minimum Gasteiger partial charge on any atom is -0.339 e. The number of hydrogen-bond donors (Lipinski definition) is 1. The van der Waals surface area contributed by atoms with Crippen molar-refractivity contribution in [3.8, 4) is 0 Å². The van der Waals surface area contributed by atoms with E-state index in [-0.39, 0.29) is 11.8 Å². The van der Waals surface area contributed by atoms with Gasteiger partial charge in [-0.05, 0) is 30.2 Å². The number of anilines is 1. The summed E-state index contributed by atoms with van der Waals surface area (Å²) in [6, 6.07) is 19.9. The average molecular weight is 449 g/mol. The Kier molecular flexibility index (Phi) is 7.39. The van der Waals surface area contributed by atoms with Crippen LogP contribution in [0.5, 0.6) is 0 Å². The lowest BCUT2D eigenvalue weighted by Gasteiger charge is -2.34. The van der Waals surface area contributed by atoms with Crippen LogP contribution in [-0.2, 0) is 16.0 Å². The number of hydrogen-bond acceptors (Lipinski definition) is 5. The minimum atomic E-state index is -0.0105. The van der Waals surface area contributed by atoms with Crippen LogP contribution >= 0.6 is 11.8 Å². The van der Waals surface area contributed by atoms with Gasteiger partial charge in [0.25, 0.3) is 0 Å². The summed E-state index contributed by atoms with van der Waals surface area (Å²) in [6.45, 7) is 5.11. The van der Waals surface area contributed by atoms with Crippen molar-refractivity contribution < 1.29 is 9.59 Å². The van der Waals surface area contributed by atoms with E-state index in [1.807, 2.05) is 65.6 Å².